The van der Waals surface area contributed by atoms with E-state index in [1.54, 1.807) is 13.1 Å². The maximum absolute atomic E-state index is 12.3. The number of aryl methyl sites for hydroxylation is 1. The van der Waals surface area contributed by atoms with Crippen LogP contribution in [0.15, 0.2) is 41.2 Å². The molecule has 3 aromatic rings. The first kappa shape index (κ1) is 20.7. The molecule has 1 aromatic heterocycles. The number of hydrogen-bond donors (Lipinski definition) is 2. The minimum atomic E-state index is -0.304. The number of benzene rings is 2. The van der Waals surface area contributed by atoms with Crippen LogP contribution < -0.4 is 15.7 Å². The smallest absolute Gasteiger partial charge is 0.343 e. The molecule has 3 rings (SSSR count). The molecule has 1 heterocycles. The summed E-state index contributed by atoms with van der Waals surface area (Å²) in [6, 6.07) is 11.0. The van der Waals surface area contributed by atoms with Crippen LogP contribution in [-0.4, -0.2) is 27.2 Å². The maximum Gasteiger partial charge on any atom is 0.343 e. The lowest BCUT2D eigenvalue weighted by Gasteiger charge is -2.14. The summed E-state index contributed by atoms with van der Waals surface area (Å²) in [5.74, 6) is 0.940. The highest BCUT2D eigenvalue weighted by Crippen LogP contribution is 2.35. The summed E-state index contributed by atoms with van der Waals surface area (Å²) in [4.78, 5) is 23.9. The van der Waals surface area contributed by atoms with Crippen molar-refractivity contribution in [2.45, 2.75) is 26.9 Å². The molecule has 2 N–H and O–H groups in total. The highest BCUT2D eigenvalue weighted by Gasteiger charge is 2.14. The second-order valence-electron chi connectivity index (χ2n) is 6.73. The van der Waals surface area contributed by atoms with E-state index in [1.165, 1.54) is 4.57 Å². The van der Waals surface area contributed by atoms with Crippen LogP contribution in [0.3, 0.4) is 0 Å². The molecule has 0 spiro atoms. The summed E-state index contributed by atoms with van der Waals surface area (Å²) >= 11 is 6.35. The van der Waals surface area contributed by atoms with E-state index in [0.29, 0.717) is 28.7 Å². The number of H-pyrrole nitrogens is 1. The van der Waals surface area contributed by atoms with Crippen molar-refractivity contribution in [3.8, 4) is 16.9 Å². The van der Waals surface area contributed by atoms with Gasteiger partial charge >= 0.3 is 5.69 Å². The second-order valence-corrected chi connectivity index (χ2v) is 7.13. The van der Waals surface area contributed by atoms with Gasteiger partial charge in [0.05, 0.1) is 0 Å². The van der Waals surface area contributed by atoms with E-state index in [4.69, 9.17) is 16.3 Å². The molecule has 0 unspecified atom stereocenters. The van der Waals surface area contributed by atoms with Crippen molar-refractivity contribution < 1.29 is 9.53 Å². The van der Waals surface area contributed by atoms with Crippen molar-refractivity contribution in [1.82, 2.24) is 20.1 Å². The molecule has 2 aromatic carbocycles. The predicted octanol–water partition coefficient (Wildman–Crippen LogP) is 3.46. The molecule has 0 bridgehead atoms. The number of aromatic amines is 1. The van der Waals surface area contributed by atoms with Gasteiger partial charge in [-0.15, -0.1) is 0 Å². The summed E-state index contributed by atoms with van der Waals surface area (Å²) in [5.41, 5.74) is 2.68. The summed E-state index contributed by atoms with van der Waals surface area (Å²) in [6.45, 7) is 4.62. The van der Waals surface area contributed by atoms with Gasteiger partial charge < -0.3 is 10.1 Å². The average molecular weight is 415 g/mol. The first-order valence-corrected chi connectivity index (χ1v) is 9.70. The highest BCUT2D eigenvalue weighted by atomic mass is 35.5. The predicted molar refractivity (Wildman–Crippen MR) is 112 cm³/mol. The number of nitrogens with zero attached hydrogens (tertiary/aromatic N) is 2. The van der Waals surface area contributed by atoms with Crippen molar-refractivity contribution in [2.24, 2.45) is 7.05 Å². The van der Waals surface area contributed by atoms with Gasteiger partial charge in [-0.2, -0.15) is 5.10 Å². The monoisotopic (exact) mass is 414 g/mol. The Morgan fingerprint density at radius 3 is 2.79 bits per heavy atom. The third-order valence-electron chi connectivity index (χ3n) is 4.56. The second kappa shape index (κ2) is 8.96. The zero-order valence-electron chi connectivity index (χ0n) is 16.6. The van der Waals surface area contributed by atoms with E-state index in [-0.39, 0.29) is 18.2 Å². The molecule has 0 atom stereocenters. The van der Waals surface area contributed by atoms with Crippen LogP contribution in [0.5, 0.6) is 5.75 Å². The molecule has 0 aliphatic carbocycles. The Labute approximate surface area is 173 Å². The number of carbonyl (C=O) groups is 1. The van der Waals surface area contributed by atoms with E-state index in [9.17, 15) is 9.59 Å². The zero-order chi connectivity index (χ0) is 21.0. The van der Waals surface area contributed by atoms with Crippen molar-refractivity contribution in [3.63, 3.8) is 0 Å². The molecule has 7 nitrogen and oxygen atoms in total. The molecule has 0 saturated heterocycles. The quantitative estimate of drug-likeness (QED) is 0.619. The molecule has 29 heavy (non-hydrogen) atoms. The van der Waals surface area contributed by atoms with Crippen molar-refractivity contribution in [3.05, 3.63) is 68.9 Å². The third kappa shape index (κ3) is 4.68. The minimum Gasteiger partial charge on any atom is -0.485 e. The number of carbonyl (C=O) groups excluding carboxylic acids is 1. The van der Waals surface area contributed by atoms with E-state index >= 15 is 0 Å². The van der Waals surface area contributed by atoms with E-state index in [1.807, 2.05) is 44.2 Å². The number of nitrogens with one attached hydrogen (secondary N) is 2. The van der Waals surface area contributed by atoms with Crippen molar-refractivity contribution in [1.29, 1.82) is 0 Å². The number of halogens is 1. The average Bonchev–Trinajstić information content (AvgIpc) is 3.04. The molecule has 0 radical (unpaired) electrons. The van der Waals surface area contributed by atoms with Crippen LogP contribution in [-0.2, 0) is 13.7 Å². The van der Waals surface area contributed by atoms with E-state index in [2.05, 4.69) is 15.5 Å². The molecule has 0 aliphatic rings. The SMILES string of the molecule is CCCNC(=O)c1cccc(-c2cc(Cl)c(C)cc2OCc2n[nH]c(=O)n2C)c1. The van der Waals surface area contributed by atoms with Crippen LogP contribution in [0.4, 0.5) is 0 Å². The Morgan fingerprint density at radius 1 is 1.31 bits per heavy atom. The van der Waals surface area contributed by atoms with Gasteiger partial charge in [0.1, 0.15) is 12.4 Å². The zero-order valence-corrected chi connectivity index (χ0v) is 17.3. The molecular formula is C21H23ClN4O3. The molecule has 1 amide bonds. The largest absolute Gasteiger partial charge is 0.485 e. The summed E-state index contributed by atoms with van der Waals surface area (Å²) < 4.78 is 7.36. The van der Waals surface area contributed by atoms with E-state index in [0.717, 1.165) is 23.1 Å². The summed E-state index contributed by atoms with van der Waals surface area (Å²) in [5, 5.41) is 9.82. The van der Waals surface area contributed by atoms with Crippen LogP contribution in [0, 0.1) is 6.92 Å². The third-order valence-corrected chi connectivity index (χ3v) is 4.97. The lowest BCUT2D eigenvalue weighted by molar-refractivity contribution is 0.0953. The van der Waals surface area contributed by atoms with Gasteiger partial charge in [0, 0.05) is 29.7 Å². The standard InChI is InChI=1S/C21H23ClN4O3/c1-4-8-23-20(27)15-7-5-6-14(10-15)16-11-17(22)13(2)9-18(16)29-12-19-24-25-21(28)26(19)3/h5-7,9-11H,4,8,12H2,1-3H3,(H,23,27)(H,25,28). The van der Waals surface area contributed by atoms with Gasteiger partial charge in [0.25, 0.3) is 5.91 Å². The fraction of sp³-hybridized carbons (Fsp3) is 0.286. The van der Waals surface area contributed by atoms with Crippen LogP contribution in [0.2, 0.25) is 5.02 Å². The molecular weight excluding hydrogens is 392 g/mol. The molecule has 8 heteroatoms. The Kier molecular flexibility index (Phi) is 6.39. The number of aromatic nitrogens is 3. The van der Waals surface area contributed by atoms with Crippen LogP contribution >= 0.6 is 11.6 Å². The van der Waals surface area contributed by atoms with Gasteiger partial charge in [0.15, 0.2) is 5.82 Å². The minimum absolute atomic E-state index is 0.111. The summed E-state index contributed by atoms with van der Waals surface area (Å²) in [7, 11) is 1.62. The number of hydrogen-bond acceptors (Lipinski definition) is 4. The fourth-order valence-corrected chi connectivity index (χ4v) is 2.98. The topological polar surface area (TPSA) is 89.0 Å². The molecule has 0 aliphatic heterocycles. The molecule has 152 valence electrons. The van der Waals surface area contributed by atoms with Gasteiger partial charge in [-0.25, -0.2) is 9.89 Å². The lowest BCUT2D eigenvalue weighted by Crippen LogP contribution is -2.23. The van der Waals surface area contributed by atoms with Crippen LogP contribution in [0.1, 0.15) is 35.1 Å². The Balaban J connectivity index is 1.94. The first-order valence-electron chi connectivity index (χ1n) is 9.32. The fourth-order valence-electron chi connectivity index (χ4n) is 2.82. The van der Waals surface area contributed by atoms with Gasteiger partial charge in [-0.05, 0) is 48.7 Å². The van der Waals surface area contributed by atoms with Gasteiger partial charge in [-0.3, -0.25) is 9.36 Å². The van der Waals surface area contributed by atoms with E-state index < -0.39 is 0 Å². The van der Waals surface area contributed by atoms with Crippen molar-refractivity contribution in [2.75, 3.05) is 6.54 Å². The van der Waals surface area contributed by atoms with Crippen LogP contribution in [0.25, 0.3) is 11.1 Å². The lowest BCUT2D eigenvalue weighted by atomic mass is 10.0. The molecule has 0 saturated carbocycles. The Hall–Kier alpha value is -3.06. The number of ether oxygens (including phenoxy) is 1. The Morgan fingerprint density at radius 2 is 2.10 bits per heavy atom. The van der Waals surface area contributed by atoms with Gasteiger partial charge in [-0.1, -0.05) is 30.7 Å². The normalized spacial score (nSPS) is 10.8. The number of amides is 1. The summed E-state index contributed by atoms with van der Waals surface area (Å²) in [6.07, 6.45) is 0.868. The first-order chi connectivity index (χ1) is 13.9. The maximum atomic E-state index is 12.3. The highest BCUT2D eigenvalue weighted by molar-refractivity contribution is 6.31. The van der Waals surface area contributed by atoms with Crippen molar-refractivity contribution >= 4 is 17.5 Å². The molecule has 0 fully saturated rings. The van der Waals surface area contributed by atoms with Gasteiger partial charge in [0.2, 0.25) is 0 Å². The Bertz CT molecular complexity index is 1090. The number of rotatable bonds is 7.